The maximum atomic E-state index is 13.0. The number of carbonyl (C=O) groups excluding carboxylic acids is 2. The first-order valence-corrected chi connectivity index (χ1v) is 10.5. The molecule has 2 aromatic heterocycles. The highest BCUT2D eigenvalue weighted by atomic mass is 16.5. The van der Waals surface area contributed by atoms with E-state index in [1.54, 1.807) is 54.0 Å². The Morgan fingerprint density at radius 2 is 1.97 bits per heavy atom. The Bertz CT molecular complexity index is 1420. The number of rotatable bonds is 5. The predicted octanol–water partition coefficient (Wildman–Crippen LogP) is 3.18. The van der Waals surface area contributed by atoms with Gasteiger partial charge in [0.15, 0.2) is 5.82 Å². The zero-order valence-corrected chi connectivity index (χ0v) is 17.8. The van der Waals surface area contributed by atoms with Gasteiger partial charge in [-0.05, 0) is 31.5 Å². The molecule has 1 atom stereocenters. The summed E-state index contributed by atoms with van der Waals surface area (Å²) in [6, 6.07) is 14.9. The van der Waals surface area contributed by atoms with Crippen LogP contribution in [0.1, 0.15) is 40.0 Å². The molecule has 0 bridgehead atoms. The standard InChI is InChI=1S/C24H20N4O5/c1-14-12-19(27-33-14)26-22(29)21(15-6-3-2-4-7-15)32-24(31)16-9-10-17-18(13-16)25-20-8-5-11-28(20)23(17)30/h2-4,6-7,9-10,12-13,21H,5,8,11H2,1H3,(H,26,27,29). The van der Waals surface area contributed by atoms with Crippen LogP contribution in [0.2, 0.25) is 0 Å². The Hall–Kier alpha value is -4.27. The van der Waals surface area contributed by atoms with Crippen LogP contribution in [0.3, 0.4) is 0 Å². The molecule has 166 valence electrons. The van der Waals surface area contributed by atoms with E-state index in [1.807, 2.05) is 0 Å². The molecule has 33 heavy (non-hydrogen) atoms. The van der Waals surface area contributed by atoms with Gasteiger partial charge in [0.05, 0.1) is 16.5 Å². The number of hydrogen-bond acceptors (Lipinski definition) is 7. The molecule has 1 amide bonds. The molecular formula is C24H20N4O5. The van der Waals surface area contributed by atoms with E-state index >= 15 is 0 Å². The quantitative estimate of drug-likeness (QED) is 0.470. The molecule has 0 radical (unpaired) electrons. The van der Waals surface area contributed by atoms with Crippen molar-refractivity contribution in [3.05, 3.63) is 87.7 Å². The smallest absolute Gasteiger partial charge is 0.339 e. The van der Waals surface area contributed by atoms with Gasteiger partial charge in [-0.2, -0.15) is 0 Å². The monoisotopic (exact) mass is 444 g/mol. The molecule has 4 aromatic rings. The van der Waals surface area contributed by atoms with Crippen LogP contribution in [0.25, 0.3) is 10.9 Å². The van der Waals surface area contributed by atoms with Gasteiger partial charge in [0, 0.05) is 24.6 Å². The molecule has 1 N–H and O–H groups in total. The van der Waals surface area contributed by atoms with Crippen LogP contribution in [0.4, 0.5) is 5.82 Å². The highest BCUT2D eigenvalue weighted by Gasteiger charge is 2.27. The van der Waals surface area contributed by atoms with E-state index in [1.165, 1.54) is 12.1 Å². The number of anilines is 1. The van der Waals surface area contributed by atoms with Crippen LogP contribution in [0.5, 0.6) is 0 Å². The predicted molar refractivity (Wildman–Crippen MR) is 119 cm³/mol. The van der Waals surface area contributed by atoms with E-state index < -0.39 is 18.0 Å². The number of hydrogen-bond donors (Lipinski definition) is 1. The highest BCUT2D eigenvalue weighted by molar-refractivity contribution is 5.99. The van der Waals surface area contributed by atoms with Crippen LogP contribution in [0.15, 0.2) is 63.9 Å². The number of ether oxygens (including phenoxy) is 1. The molecule has 0 spiro atoms. The minimum Gasteiger partial charge on any atom is -0.444 e. The summed E-state index contributed by atoms with van der Waals surface area (Å²) in [4.78, 5) is 43.2. The average molecular weight is 444 g/mol. The van der Waals surface area contributed by atoms with Gasteiger partial charge in [0.25, 0.3) is 11.5 Å². The Balaban J connectivity index is 1.44. The maximum Gasteiger partial charge on any atom is 0.339 e. The number of amides is 1. The second kappa shape index (κ2) is 8.34. The van der Waals surface area contributed by atoms with Crippen molar-refractivity contribution in [2.45, 2.75) is 32.4 Å². The van der Waals surface area contributed by atoms with Gasteiger partial charge in [-0.3, -0.25) is 14.2 Å². The zero-order valence-electron chi connectivity index (χ0n) is 17.8. The number of nitrogens with zero attached hydrogens (tertiary/aromatic N) is 3. The SMILES string of the molecule is Cc1cc(NC(=O)C(OC(=O)c2ccc3c(=O)n4c(nc3c2)CCC4)c2ccccc2)no1. The molecule has 0 saturated carbocycles. The minimum atomic E-state index is -1.22. The molecule has 9 nitrogen and oxygen atoms in total. The Morgan fingerprint density at radius 1 is 1.15 bits per heavy atom. The van der Waals surface area contributed by atoms with Crippen molar-refractivity contribution in [2.24, 2.45) is 0 Å². The van der Waals surface area contributed by atoms with E-state index in [2.05, 4.69) is 15.5 Å². The first-order valence-electron chi connectivity index (χ1n) is 10.5. The molecule has 0 saturated heterocycles. The van der Waals surface area contributed by atoms with Gasteiger partial charge in [-0.1, -0.05) is 35.5 Å². The summed E-state index contributed by atoms with van der Waals surface area (Å²) >= 11 is 0. The summed E-state index contributed by atoms with van der Waals surface area (Å²) in [5.41, 5.74) is 1.01. The number of nitrogens with one attached hydrogen (secondary N) is 1. The van der Waals surface area contributed by atoms with E-state index in [-0.39, 0.29) is 16.9 Å². The lowest BCUT2D eigenvalue weighted by molar-refractivity contribution is -0.125. The second-order valence-corrected chi connectivity index (χ2v) is 7.83. The van der Waals surface area contributed by atoms with Crippen molar-refractivity contribution >= 4 is 28.6 Å². The van der Waals surface area contributed by atoms with Gasteiger partial charge in [-0.25, -0.2) is 9.78 Å². The molecule has 9 heteroatoms. The Morgan fingerprint density at radius 3 is 2.73 bits per heavy atom. The Labute approximate surface area is 188 Å². The van der Waals surface area contributed by atoms with Gasteiger partial charge in [-0.15, -0.1) is 0 Å². The van der Waals surface area contributed by atoms with Crippen LogP contribution < -0.4 is 10.9 Å². The zero-order chi connectivity index (χ0) is 22.9. The van der Waals surface area contributed by atoms with Crippen molar-refractivity contribution in [1.82, 2.24) is 14.7 Å². The summed E-state index contributed by atoms with van der Waals surface area (Å²) in [6.07, 6.45) is 0.370. The minimum absolute atomic E-state index is 0.114. The van der Waals surface area contributed by atoms with Crippen LogP contribution in [0, 0.1) is 6.92 Å². The number of benzene rings is 2. The van der Waals surface area contributed by atoms with Crippen molar-refractivity contribution in [3.63, 3.8) is 0 Å². The molecule has 1 aliphatic rings. The second-order valence-electron chi connectivity index (χ2n) is 7.83. The molecule has 3 heterocycles. The van der Waals surface area contributed by atoms with E-state index in [0.717, 1.165) is 12.8 Å². The first-order chi connectivity index (χ1) is 16.0. The lowest BCUT2D eigenvalue weighted by Crippen LogP contribution is -2.26. The number of fused-ring (bicyclic) bond motifs is 2. The van der Waals surface area contributed by atoms with Crippen molar-refractivity contribution in [2.75, 3.05) is 5.32 Å². The van der Waals surface area contributed by atoms with Crippen LogP contribution >= 0.6 is 0 Å². The molecule has 0 fully saturated rings. The normalized spacial score (nSPS) is 13.5. The number of aryl methyl sites for hydroxylation is 2. The largest absolute Gasteiger partial charge is 0.444 e. The molecule has 1 unspecified atom stereocenters. The third kappa shape index (κ3) is 4.00. The fraction of sp³-hybridized carbons (Fsp3) is 0.208. The number of aromatic nitrogens is 3. The number of esters is 1. The van der Waals surface area contributed by atoms with Crippen LogP contribution in [-0.4, -0.2) is 26.6 Å². The third-order valence-corrected chi connectivity index (χ3v) is 5.50. The summed E-state index contributed by atoms with van der Waals surface area (Å²) in [6.45, 7) is 2.35. The molecule has 1 aliphatic heterocycles. The third-order valence-electron chi connectivity index (χ3n) is 5.50. The fourth-order valence-corrected chi connectivity index (χ4v) is 3.90. The Kier molecular flexibility index (Phi) is 5.21. The van der Waals surface area contributed by atoms with E-state index in [4.69, 9.17) is 9.26 Å². The van der Waals surface area contributed by atoms with E-state index in [9.17, 15) is 14.4 Å². The topological polar surface area (TPSA) is 116 Å². The molecular weight excluding hydrogens is 424 g/mol. The fourth-order valence-electron chi connectivity index (χ4n) is 3.90. The summed E-state index contributed by atoms with van der Waals surface area (Å²) in [5, 5.41) is 6.80. The first kappa shape index (κ1) is 20.6. The lowest BCUT2D eigenvalue weighted by atomic mass is 10.1. The van der Waals surface area contributed by atoms with Crippen molar-refractivity contribution in [1.29, 1.82) is 0 Å². The molecule has 0 aliphatic carbocycles. The number of carbonyl (C=O) groups is 2. The van der Waals surface area contributed by atoms with Crippen LogP contribution in [-0.2, 0) is 22.5 Å². The summed E-state index contributed by atoms with van der Waals surface area (Å²) in [5.74, 6) is 0.184. The van der Waals surface area contributed by atoms with Crippen molar-refractivity contribution in [3.8, 4) is 0 Å². The van der Waals surface area contributed by atoms with E-state index in [0.29, 0.717) is 34.6 Å². The lowest BCUT2D eigenvalue weighted by Gasteiger charge is -2.17. The van der Waals surface area contributed by atoms with Gasteiger partial charge >= 0.3 is 5.97 Å². The summed E-state index contributed by atoms with van der Waals surface area (Å²) < 4.78 is 12.3. The molecule has 2 aromatic carbocycles. The van der Waals surface area contributed by atoms with Gasteiger partial charge in [0.2, 0.25) is 6.10 Å². The summed E-state index contributed by atoms with van der Waals surface area (Å²) in [7, 11) is 0. The van der Waals surface area contributed by atoms with Gasteiger partial charge in [0.1, 0.15) is 11.6 Å². The highest BCUT2D eigenvalue weighted by Crippen LogP contribution is 2.23. The maximum absolute atomic E-state index is 13.0. The molecule has 5 rings (SSSR count). The van der Waals surface area contributed by atoms with Gasteiger partial charge < -0.3 is 14.6 Å². The van der Waals surface area contributed by atoms with Crippen molar-refractivity contribution < 1.29 is 18.8 Å². The average Bonchev–Trinajstić information content (AvgIpc) is 3.46.